The molecule has 4 aromatic rings. The molecule has 0 saturated carbocycles. The molecule has 3 heterocycles. The van der Waals surface area contributed by atoms with E-state index >= 15 is 0 Å². The second kappa shape index (κ2) is 7.45. The summed E-state index contributed by atoms with van der Waals surface area (Å²) in [4.78, 5) is 33.0. The number of halogens is 3. The summed E-state index contributed by atoms with van der Waals surface area (Å²) >= 11 is 1.28. The predicted octanol–water partition coefficient (Wildman–Crippen LogP) is 4.54. The monoisotopic (exact) mass is 433 g/mol. The molecule has 0 fully saturated rings. The van der Waals surface area contributed by atoms with Crippen LogP contribution in [0.4, 0.5) is 13.2 Å². The van der Waals surface area contributed by atoms with Gasteiger partial charge in [0.25, 0.3) is 11.5 Å². The second-order valence-electron chi connectivity index (χ2n) is 6.55. The summed E-state index contributed by atoms with van der Waals surface area (Å²) in [5.74, 6) is -0.0827. The topological polar surface area (TPSA) is 79.2 Å². The number of hydrogen-bond acceptors (Lipinski definition) is 5. The minimum absolute atomic E-state index is 0.0272. The van der Waals surface area contributed by atoms with Crippen LogP contribution in [0.2, 0.25) is 0 Å². The van der Waals surface area contributed by atoms with E-state index in [9.17, 15) is 22.8 Å². The lowest BCUT2D eigenvalue weighted by Gasteiger charge is -2.15. The van der Waals surface area contributed by atoms with Crippen molar-refractivity contribution < 1.29 is 22.4 Å². The smallest absolute Gasteiger partial charge is 0.416 e. The van der Waals surface area contributed by atoms with E-state index in [4.69, 9.17) is 4.42 Å². The van der Waals surface area contributed by atoms with Crippen molar-refractivity contribution in [2.24, 2.45) is 0 Å². The van der Waals surface area contributed by atoms with Crippen molar-refractivity contribution >= 4 is 27.5 Å². The van der Waals surface area contributed by atoms with Gasteiger partial charge in [-0.1, -0.05) is 12.1 Å². The van der Waals surface area contributed by atoms with Crippen LogP contribution in [-0.4, -0.2) is 27.8 Å². The van der Waals surface area contributed by atoms with Gasteiger partial charge in [0.15, 0.2) is 5.76 Å². The Labute approximate surface area is 171 Å². The van der Waals surface area contributed by atoms with E-state index in [0.717, 1.165) is 12.1 Å². The average molecular weight is 433 g/mol. The maximum atomic E-state index is 12.9. The number of alkyl halides is 3. The molecule has 1 aromatic carbocycles. The summed E-state index contributed by atoms with van der Waals surface area (Å²) in [6, 6.07) is 9.22. The van der Waals surface area contributed by atoms with Gasteiger partial charge < -0.3 is 14.3 Å². The van der Waals surface area contributed by atoms with Gasteiger partial charge in [-0.05, 0) is 35.7 Å². The van der Waals surface area contributed by atoms with E-state index in [1.165, 1.54) is 47.5 Å². The molecular weight excluding hydrogens is 419 g/mol. The highest BCUT2D eigenvalue weighted by molar-refractivity contribution is 7.17. The summed E-state index contributed by atoms with van der Waals surface area (Å²) in [5.41, 5.74) is -0.333. The van der Waals surface area contributed by atoms with Crippen LogP contribution in [0.1, 0.15) is 21.9 Å². The largest absolute Gasteiger partial charge is 0.451 e. The number of carbonyl (C=O) groups excluding carboxylic acids is 1. The van der Waals surface area contributed by atoms with Gasteiger partial charge in [0.05, 0.1) is 17.6 Å². The maximum Gasteiger partial charge on any atom is 0.416 e. The Hall–Kier alpha value is -3.40. The quantitative estimate of drug-likeness (QED) is 0.513. The highest BCUT2D eigenvalue weighted by atomic mass is 32.1. The minimum atomic E-state index is -4.48. The number of thiophene rings is 1. The van der Waals surface area contributed by atoms with Gasteiger partial charge in [0.2, 0.25) is 0 Å². The third-order valence-electron chi connectivity index (χ3n) is 4.39. The van der Waals surface area contributed by atoms with Gasteiger partial charge in [-0.25, -0.2) is 4.98 Å². The molecule has 0 aliphatic carbocycles. The van der Waals surface area contributed by atoms with Gasteiger partial charge in [-0.2, -0.15) is 13.2 Å². The van der Waals surface area contributed by atoms with Crippen molar-refractivity contribution in [2.75, 3.05) is 7.05 Å². The standard InChI is InChI=1S/C20H14F3N3O3S/c1-26(10-16-24-13-7-8-30-17(13)18(27)25-16)19(28)15-6-5-14(29-15)11-3-2-4-12(9-11)20(21,22)23/h2-9H,10H2,1H3,(H,24,25,27). The van der Waals surface area contributed by atoms with Gasteiger partial charge in [0.1, 0.15) is 16.3 Å². The van der Waals surface area contributed by atoms with E-state index < -0.39 is 17.6 Å². The summed E-state index contributed by atoms with van der Waals surface area (Å²) < 4.78 is 44.7. The first-order valence-electron chi connectivity index (χ1n) is 8.72. The normalized spacial score (nSPS) is 11.7. The van der Waals surface area contributed by atoms with E-state index in [-0.39, 0.29) is 29.2 Å². The van der Waals surface area contributed by atoms with Crippen molar-refractivity contribution in [3.8, 4) is 11.3 Å². The Morgan fingerprint density at radius 3 is 2.80 bits per heavy atom. The molecule has 1 N–H and O–H groups in total. The lowest BCUT2D eigenvalue weighted by molar-refractivity contribution is -0.137. The van der Waals surface area contributed by atoms with Gasteiger partial charge in [-0.3, -0.25) is 9.59 Å². The number of carbonyl (C=O) groups is 1. The van der Waals surface area contributed by atoms with Gasteiger partial charge in [-0.15, -0.1) is 11.3 Å². The Balaban J connectivity index is 1.54. The van der Waals surface area contributed by atoms with E-state index in [0.29, 0.717) is 16.0 Å². The molecule has 0 unspecified atom stereocenters. The number of fused-ring (bicyclic) bond motifs is 1. The maximum absolute atomic E-state index is 12.9. The highest BCUT2D eigenvalue weighted by Crippen LogP contribution is 2.32. The van der Waals surface area contributed by atoms with Crippen molar-refractivity contribution in [2.45, 2.75) is 12.7 Å². The van der Waals surface area contributed by atoms with Gasteiger partial charge in [0, 0.05) is 12.6 Å². The molecule has 30 heavy (non-hydrogen) atoms. The average Bonchev–Trinajstić information content (AvgIpc) is 3.36. The second-order valence-corrected chi connectivity index (χ2v) is 7.47. The molecule has 154 valence electrons. The number of hydrogen-bond donors (Lipinski definition) is 1. The zero-order valence-corrected chi connectivity index (χ0v) is 16.3. The Morgan fingerprint density at radius 2 is 2.03 bits per heavy atom. The zero-order chi connectivity index (χ0) is 21.5. The fraction of sp³-hybridized carbons (Fsp3) is 0.150. The fourth-order valence-corrected chi connectivity index (χ4v) is 3.66. The van der Waals surface area contributed by atoms with E-state index in [2.05, 4.69) is 9.97 Å². The Kier molecular flexibility index (Phi) is 4.94. The number of nitrogens with one attached hydrogen (secondary N) is 1. The summed E-state index contributed by atoms with van der Waals surface area (Å²) in [7, 11) is 1.51. The minimum Gasteiger partial charge on any atom is -0.451 e. The molecule has 0 saturated heterocycles. The summed E-state index contributed by atoms with van der Waals surface area (Å²) in [6.07, 6.45) is -4.48. The molecule has 0 aliphatic rings. The first-order chi connectivity index (χ1) is 14.2. The Morgan fingerprint density at radius 1 is 1.23 bits per heavy atom. The van der Waals surface area contributed by atoms with Crippen molar-refractivity contribution in [3.63, 3.8) is 0 Å². The van der Waals surface area contributed by atoms with Crippen LogP contribution in [0.25, 0.3) is 21.5 Å². The first-order valence-corrected chi connectivity index (χ1v) is 9.59. The molecule has 0 radical (unpaired) electrons. The number of aromatic amines is 1. The number of amides is 1. The van der Waals surface area contributed by atoms with Gasteiger partial charge >= 0.3 is 6.18 Å². The fourth-order valence-electron chi connectivity index (χ4n) is 2.94. The lowest BCUT2D eigenvalue weighted by atomic mass is 10.1. The molecule has 1 amide bonds. The molecule has 0 spiro atoms. The highest BCUT2D eigenvalue weighted by Gasteiger charge is 2.30. The van der Waals surface area contributed by atoms with E-state index in [1.54, 1.807) is 11.4 Å². The molecule has 3 aromatic heterocycles. The van der Waals surface area contributed by atoms with Crippen LogP contribution in [0.15, 0.2) is 57.1 Å². The molecule has 10 heteroatoms. The lowest BCUT2D eigenvalue weighted by Crippen LogP contribution is -2.27. The number of rotatable bonds is 4. The van der Waals surface area contributed by atoms with Crippen LogP contribution in [0, 0.1) is 0 Å². The molecule has 0 bridgehead atoms. The molecular formula is C20H14F3N3O3S. The van der Waals surface area contributed by atoms with Crippen LogP contribution in [-0.2, 0) is 12.7 Å². The van der Waals surface area contributed by atoms with E-state index in [1.807, 2.05) is 0 Å². The molecule has 0 atom stereocenters. The van der Waals surface area contributed by atoms with Crippen LogP contribution in [0.5, 0.6) is 0 Å². The number of aromatic nitrogens is 2. The molecule has 6 nitrogen and oxygen atoms in total. The molecule has 4 rings (SSSR count). The number of nitrogens with zero attached hydrogens (tertiary/aromatic N) is 2. The summed E-state index contributed by atoms with van der Waals surface area (Å²) in [5, 5.41) is 1.75. The molecule has 0 aliphatic heterocycles. The zero-order valence-electron chi connectivity index (χ0n) is 15.5. The third-order valence-corrected chi connectivity index (χ3v) is 5.29. The van der Waals surface area contributed by atoms with Crippen LogP contribution in [0.3, 0.4) is 0 Å². The van der Waals surface area contributed by atoms with Crippen molar-refractivity contribution in [3.05, 3.63) is 75.3 Å². The van der Waals surface area contributed by atoms with Crippen LogP contribution < -0.4 is 5.56 Å². The number of furan rings is 1. The first kappa shape index (κ1) is 19.9. The number of H-pyrrole nitrogens is 1. The predicted molar refractivity (Wildman–Crippen MR) is 105 cm³/mol. The third kappa shape index (κ3) is 3.86. The van der Waals surface area contributed by atoms with Crippen LogP contribution >= 0.6 is 11.3 Å². The SMILES string of the molecule is CN(Cc1nc2ccsc2c(=O)[nH]1)C(=O)c1ccc(-c2cccc(C(F)(F)F)c2)o1. The Bertz CT molecular complexity index is 1290. The summed E-state index contributed by atoms with van der Waals surface area (Å²) in [6.45, 7) is 0.0272. The number of benzene rings is 1. The van der Waals surface area contributed by atoms with Crippen molar-refractivity contribution in [1.29, 1.82) is 0 Å². The van der Waals surface area contributed by atoms with Crippen molar-refractivity contribution in [1.82, 2.24) is 14.9 Å².